The lowest BCUT2D eigenvalue weighted by Gasteiger charge is -2.41. The van der Waals surface area contributed by atoms with Gasteiger partial charge in [0.25, 0.3) is 11.8 Å². The quantitative estimate of drug-likeness (QED) is 0.442. The lowest BCUT2D eigenvalue weighted by Crippen LogP contribution is -2.50. The van der Waals surface area contributed by atoms with Crippen molar-refractivity contribution in [1.29, 1.82) is 0 Å². The number of urea groups is 1. The fraction of sp³-hybridized carbons (Fsp3) is 0.516. The summed E-state index contributed by atoms with van der Waals surface area (Å²) in [5, 5.41) is 8.38. The Balaban J connectivity index is 1.37. The molecule has 4 amide bonds. The number of nitrogens with zero attached hydrogens (tertiary/aromatic N) is 2. The molecule has 2 aromatic rings. The van der Waals surface area contributed by atoms with Crippen molar-refractivity contribution >= 4 is 23.5 Å². The predicted molar refractivity (Wildman–Crippen MR) is 155 cm³/mol. The zero-order valence-corrected chi connectivity index (χ0v) is 24.2. The summed E-state index contributed by atoms with van der Waals surface area (Å²) < 4.78 is 14.7. The summed E-state index contributed by atoms with van der Waals surface area (Å²) >= 11 is 0. The fourth-order valence-electron chi connectivity index (χ4n) is 5.33. The van der Waals surface area contributed by atoms with E-state index in [4.69, 9.17) is 0 Å². The van der Waals surface area contributed by atoms with Gasteiger partial charge < -0.3 is 20.9 Å². The molecular formula is C31H42FN5O3. The maximum Gasteiger partial charge on any atom is 0.319 e. The third-order valence-corrected chi connectivity index (χ3v) is 7.51. The number of carbonyl (C=O) groups excluding carboxylic acids is 3. The summed E-state index contributed by atoms with van der Waals surface area (Å²) in [6.45, 7) is 12.6. The van der Waals surface area contributed by atoms with E-state index in [0.29, 0.717) is 37.7 Å². The molecule has 1 unspecified atom stereocenters. The zero-order chi connectivity index (χ0) is 29.0. The second-order valence-electron chi connectivity index (χ2n) is 12.3. The van der Waals surface area contributed by atoms with Crippen LogP contribution in [0.5, 0.6) is 0 Å². The lowest BCUT2D eigenvalue weighted by atomic mass is 9.92. The number of piperazine rings is 1. The van der Waals surface area contributed by atoms with Crippen LogP contribution in [0.3, 0.4) is 0 Å². The summed E-state index contributed by atoms with van der Waals surface area (Å²) in [5.74, 6) is -0.673. The summed E-state index contributed by atoms with van der Waals surface area (Å²) in [4.78, 5) is 42.1. The number of anilines is 1. The van der Waals surface area contributed by atoms with E-state index in [9.17, 15) is 18.8 Å². The summed E-state index contributed by atoms with van der Waals surface area (Å²) in [6, 6.07) is 11.8. The van der Waals surface area contributed by atoms with Crippen molar-refractivity contribution in [2.75, 3.05) is 31.5 Å². The van der Waals surface area contributed by atoms with E-state index in [-0.39, 0.29) is 40.7 Å². The van der Waals surface area contributed by atoms with E-state index >= 15 is 0 Å². The molecule has 0 radical (unpaired) electrons. The molecule has 4 rings (SSSR count). The van der Waals surface area contributed by atoms with E-state index in [1.807, 2.05) is 39.0 Å². The van der Waals surface area contributed by atoms with E-state index in [2.05, 4.69) is 40.8 Å². The van der Waals surface area contributed by atoms with Gasteiger partial charge in [0.15, 0.2) is 0 Å². The molecule has 1 saturated carbocycles. The molecule has 1 aliphatic heterocycles. The Kier molecular flexibility index (Phi) is 9.13. The first-order valence-electron chi connectivity index (χ1n) is 14.2. The van der Waals surface area contributed by atoms with Crippen molar-refractivity contribution in [2.45, 2.75) is 71.5 Å². The molecule has 216 valence electrons. The van der Waals surface area contributed by atoms with E-state index in [1.54, 1.807) is 11.0 Å². The second kappa shape index (κ2) is 12.4. The standard InChI is InChI=1S/C31H42FN5O3/c1-20(2)27(21-8-6-9-22(18-21)28(38)35-31(3,4)5)36-14-16-37(17-15-36)29(39)23-12-13-26(25(32)19-23)34-30(40)33-24-10-7-11-24/h6,8-9,12-13,18-20,24,27H,7,10-11,14-17H2,1-5H3,(H,35,38)(H2,33,34,40). The third kappa shape index (κ3) is 7.38. The first-order chi connectivity index (χ1) is 18.9. The topological polar surface area (TPSA) is 93.8 Å². The van der Waals surface area contributed by atoms with Crippen molar-refractivity contribution in [3.63, 3.8) is 0 Å². The molecule has 3 N–H and O–H groups in total. The fourth-order valence-corrected chi connectivity index (χ4v) is 5.33. The van der Waals surface area contributed by atoms with Gasteiger partial charge in [-0.05, 0) is 81.8 Å². The Morgan fingerprint density at radius 1 is 0.950 bits per heavy atom. The largest absolute Gasteiger partial charge is 0.347 e. The van der Waals surface area contributed by atoms with Crippen molar-refractivity contribution in [3.05, 3.63) is 65.0 Å². The van der Waals surface area contributed by atoms with Crippen LogP contribution in [0.2, 0.25) is 0 Å². The van der Waals surface area contributed by atoms with Gasteiger partial charge in [-0.1, -0.05) is 26.0 Å². The minimum absolute atomic E-state index is 0.0522. The molecule has 40 heavy (non-hydrogen) atoms. The molecule has 8 nitrogen and oxygen atoms in total. The van der Waals surface area contributed by atoms with Crippen molar-refractivity contribution in [1.82, 2.24) is 20.4 Å². The third-order valence-electron chi connectivity index (χ3n) is 7.51. The van der Waals surface area contributed by atoms with Crippen LogP contribution in [0.4, 0.5) is 14.9 Å². The van der Waals surface area contributed by atoms with Gasteiger partial charge in [-0.25, -0.2) is 9.18 Å². The second-order valence-corrected chi connectivity index (χ2v) is 12.3. The molecule has 0 spiro atoms. The highest BCUT2D eigenvalue weighted by Gasteiger charge is 2.30. The zero-order valence-electron chi connectivity index (χ0n) is 24.2. The first kappa shape index (κ1) is 29.5. The molecule has 2 aromatic carbocycles. The highest BCUT2D eigenvalue weighted by atomic mass is 19.1. The smallest absolute Gasteiger partial charge is 0.319 e. The monoisotopic (exact) mass is 551 g/mol. The Labute approximate surface area is 236 Å². The Morgan fingerprint density at radius 2 is 1.65 bits per heavy atom. The first-order valence-corrected chi connectivity index (χ1v) is 14.2. The highest BCUT2D eigenvalue weighted by molar-refractivity contribution is 5.96. The van der Waals surface area contributed by atoms with Gasteiger partial charge in [-0.2, -0.15) is 0 Å². The van der Waals surface area contributed by atoms with Gasteiger partial charge in [-0.3, -0.25) is 14.5 Å². The van der Waals surface area contributed by atoms with Crippen LogP contribution in [0, 0.1) is 11.7 Å². The maximum absolute atomic E-state index is 14.7. The molecule has 2 aliphatic rings. The minimum atomic E-state index is -0.636. The van der Waals surface area contributed by atoms with Crippen LogP contribution in [0.15, 0.2) is 42.5 Å². The van der Waals surface area contributed by atoms with Gasteiger partial charge in [0.2, 0.25) is 0 Å². The lowest BCUT2D eigenvalue weighted by molar-refractivity contribution is 0.0510. The molecule has 0 bridgehead atoms. The predicted octanol–water partition coefficient (Wildman–Crippen LogP) is 5.18. The van der Waals surface area contributed by atoms with Gasteiger partial charge in [0.1, 0.15) is 5.82 Å². The Hall–Kier alpha value is -3.46. The molecule has 1 aliphatic carbocycles. The number of hydrogen-bond donors (Lipinski definition) is 3. The Morgan fingerprint density at radius 3 is 2.23 bits per heavy atom. The summed E-state index contributed by atoms with van der Waals surface area (Å²) in [7, 11) is 0. The molecule has 9 heteroatoms. The molecule has 1 atom stereocenters. The number of rotatable bonds is 7. The molecule has 1 heterocycles. The van der Waals surface area contributed by atoms with Gasteiger partial charge in [0, 0.05) is 54.9 Å². The number of amides is 4. The highest BCUT2D eigenvalue weighted by Crippen LogP contribution is 2.30. The van der Waals surface area contributed by atoms with Gasteiger partial charge in [0.05, 0.1) is 5.69 Å². The average molecular weight is 552 g/mol. The molecular weight excluding hydrogens is 509 g/mol. The van der Waals surface area contributed by atoms with Crippen LogP contribution in [-0.2, 0) is 0 Å². The number of carbonyl (C=O) groups is 3. The Bertz CT molecular complexity index is 1230. The van der Waals surface area contributed by atoms with Crippen LogP contribution < -0.4 is 16.0 Å². The van der Waals surface area contributed by atoms with Gasteiger partial charge >= 0.3 is 6.03 Å². The molecule has 1 saturated heterocycles. The number of nitrogens with one attached hydrogen (secondary N) is 3. The van der Waals surface area contributed by atoms with Crippen LogP contribution in [0.1, 0.15) is 86.2 Å². The summed E-state index contributed by atoms with van der Waals surface area (Å²) in [5.41, 5.74) is 1.69. The number of halogens is 1. The maximum atomic E-state index is 14.7. The van der Waals surface area contributed by atoms with Gasteiger partial charge in [-0.15, -0.1) is 0 Å². The molecule has 2 fully saturated rings. The van der Waals surface area contributed by atoms with Crippen molar-refractivity contribution < 1.29 is 18.8 Å². The number of benzene rings is 2. The minimum Gasteiger partial charge on any atom is -0.347 e. The average Bonchev–Trinajstić information content (AvgIpc) is 2.86. The van der Waals surface area contributed by atoms with E-state index in [1.165, 1.54) is 12.1 Å². The van der Waals surface area contributed by atoms with E-state index < -0.39 is 11.8 Å². The SMILES string of the molecule is CC(C)C(c1cccc(C(=O)NC(C)(C)C)c1)N1CCN(C(=O)c2ccc(NC(=O)NC3CCC3)c(F)c2)CC1. The number of hydrogen-bond acceptors (Lipinski definition) is 4. The van der Waals surface area contributed by atoms with Crippen LogP contribution >= 0.6 is 0 Å². The van der Waals surface area contributed by atoms with Crippen molar-refractivity contribution in [2.24, 2.45) is 5.92 Å². The summed E-state index contributed by atoms with van der Waals surface area (Å²) in [6.07, 6.45) is 2.97. The van der Waals surface area contributed by atoms with E-state index in [0.717, 1.165) is 24.8 Å². The molecule has 0 aromatic heterocycles. The van der Waals surface area contributed by atoms with Crippen LogP contribution in [-0.4, -0.2) is 65.4 Å². The van der Waals surface area contributed by atoms with Crippen molar-refractivity contribution in [3.8, 4) is 0 Å². The van der Waals surface area contributed by atoms with Crippen LogP contribution in [0.25, 0.3) is 0 Å². The normalized spacial score (nSPS) is 17.2.